The number of hydrogen-bond acceptors (Lipinski definition) is 5. The van der Waals surface area contributed by atoms with Crippen molar-refractivity contribution in [3.63, 3.8) is 0 Å². The van der Waals surface area contributed by atoms with Gasteiger partial charge in [-0.3, -0.25) is 0 Å². The summed E-state index contributed by atoms with van der Waals surface area (Å²) in [5.74, 6) is 1.71. The zero-order chi connectivity index (χ0) is 20.9. The lowest BCUT2D eigenvalue weighted by Crippen LogP contribution is -2.42. The third-order valence-corrected chi connectivity index (χ3v) is 4.61. The average molecular weight is 399 g/mol. The van der Waals surface area contributed by atoms with Crippen LogP contribution < -0.4 is 9.47 Å². The SMILES string of the molecule is CC(C)(C)OC(=O)N1CCCC1COc1ccc(OCc2ccc(O)cc2)cc1. The molecule has 0 aliphatic carbocycles. The zero-order valence-corrected chi connectivity index (χ0v) is 17.3. The smallest absolute Gasteiger partial charge is 0.410 e. The molecule has 1 atom stereocenters. The maximum Gasteiger partial charge on any atom is 0.410 e. The van der Waals surface area contributed by atoms with Crippen LogP contribution in [0.25, 0.3) is 0 Å². The Labute approximate surface area is 172 Å². The van der Waals surface area contributed by atoms with Gasteiger partial charge in [0.05, 0.1) is 6.04 Å². The van der Waals surface area contributed by atoms with Gasteiger partial charge in [-0.2, -0.15) is 0 Å². The number of rotatable bonds is 6. The summed E-state index contributed by atoms with van der Waals surface area (Å²) >= 11 is 0. The van der Waals surface area contributed by atoms with Gasteiger partial charge >= 0.3 is 6.09 Å². The summed E-state index contributed by atoms with van der Waals surface area (Å²) in [7, 11) is 0. The second-order valence-corrected chi connectivity index (χ2v) is 8.21. The molecule has 2 aromatic carbocycles. The van der Waals surface area contributed by atoms with Gasteiger partial charge in [-0.25, -0.2) is 4.79 Å². The van der Waals surface area contributed by atoms with E-state index in [-0.39, 0.29) is 17.9 Å². The Morgan fingerprint density at radius 2 is 1.66 bits per heavy atom. The topological polar surface area (TPSA) is 68.2 Å². The van der Waals surface area contributed by atoms with Gasteiger partial charge in [0.25, 0.3) is 0 Å². The van der Waals surface area contributed by atoms with Gasteiger partial charge in [0.2, 0.25) is 0 Å². The Kier molecular flexibility index (Phi) is 6.52. The molecule has 1 heterocycles. The molecule has 6 heteroatoms. The number of carbonyl (C=O) groups is 1. The van der Waals surface area contributed by atoms with Gasteiger partial charge < -0.3 is 24.2 Å². The van der Waals surface area contributed by atoms with Gasteiger partial charge in [0.15, 0.2) is 0 Å². The van der Waals surface area contributed by atoms with Crippen molar-refractivity contribution >= 4 is 6.09 Å². The van der Waals surface area contributed by atoms with Crippen LogP contribution in [0.15, 0.2) is 48.5 Å². The Balaban J connectivity index is 1.48. The Morgan fingerprint density at radius 3 is 2.28 bits per heavy atom. The zero-order valence-electron chi connectivity index (χ0n) is 17.3. The predicted octanol–water partition coefficient (Wildman–Crippen LogP) is 4.75. The number of nitrogens with zero attached hydrogens (tertiary/aromatic N) is 1. The van der Waals surface area contributed by atoms with E-state index < -0.39 is 5.60 Å². The Bertz CT molecular complexity index is 796. The van der Waals surface area contributed by atoms with Crippen LogP contribution in [0.2, 0.25) is 0 Å². The van der Waals surface area contributed by atoms with Gasteiger partial charge in [-0.1, -0.05) is 12.1 Å². The first-order valence-electron chi connectivity index (χ1n) is 9.93. The fourth-order valence-electron chi connectivity index (χ4n) is 3.15. The molecule has 29 heavy (non-hydrogen) atoms. The fourth-order valence-corrected chi connectivity index (χ4v) is 3.15. The minimum absolute atomic E-state index is 0.0234. The molecular formula is C23H29NO5. The molecule has 0 saturated carbocycles. The van der Waals surface area contributed by atoms with Crippen LogP contribution in [0, 0.1) is 0 Å². The van der Waals surface area contributed by atoms with Crippen molar-refractivity contribution in [1.29, 1.82) is 0 Å². The van der Waals surface area contributed by atoms with Gasteiger partial charge in [-0.05, 0) is 75.6 Å². The molecule has 6 nitrogen and oxygen atoms in total. The number of phenolic OH excluding ortho intramolecular Hbond substituents is 1. The largest absolute Gasteiger partial charge is 0.508 e. The Hall–Kier alpha value is -2.89. The van der Waals surface area contributed by atoms with E-state index >= 15 is 0 Å². The summed E-state index contributed by atoms with van der Waals surface area (Å²) in [5.41, 5.74) is 0.479. The van der Waals surface area contributed by atoms with Crippen molar-refractivity contribution < 1.29 is 24.1 Å². The molecule has 1 fully saturated rings. The van der Waals surface area contributed by atoms with Crippen molar-refractivity contribution in [1.82, 2.24) is 4.90 Å². The van der Waals surface area contributed by atoms with Gasteiger partial charge in [0.1, 0.15) is 36.1 Å². The van der Waals surface area contributed by atoms with E-state index in [4.69, 9.17) is 14.2 Å². The molecule has 156 valence electrons. The molecule has 0 bridgehead atoms. The van der Waals surface area contributed by atoms with E-state index in [1.54, 1.807) is 17.0 Å². The van der Waals surface area contributed by atoms with Gasteiger partial charge in [0, 0.05) is 6.54 Å². The standard InChI is InChI=1S/C23H29NO5/c1-23(2,3)29-22(26)24-14-4-5-18(24)16-28-21-12-10-20(11-13-21)27-15-17-6-8-19(25)9-7-17/h6-13,18,25H,4-5,14-16H2,1-3H3. The second kappa shape index (κ2) is 9.07. The van der Waals surface area contributed by atoms with Crippen molar-refractivity contribution in [2.75, 3.05) is 13.2 Å². The number of carbonyl (C=O) groups excluding carboxylic acids is 1. The van der Waals surface area contributed by atoms with E-state index in [1.807, 2.05) is 57.2 Å². The number of likely N-dealkylation sites (tertiary alicyclic amines) is 1. The van der Waals surface area contributed by atoms with Crippen molar-refractivity contribution in [3.8, 4) is 17.2 Å². The lowest BCUT2D eigenvalue weighted by molar-refractivity contribution is 0.0187. The molecule has 1 saturated heterocycles. The summed E-state index contributed by atoms with van der Waals surface area (Å²) in [6, 6.07) is 14.4. The maximum atomic E-state index is 12.4. The third kappa shape index (κ3) is 6.31. The number of benzene rings is 2. The fraction of sp³-hybridized carbons (Fsp3) is 0.435. The minimum atomic E-state index is -0.499. The first kappa shape index (κ1) is 20.8. The molecule has 0 radical (unpaired) electrons. The maximum absolute atomic E-state index is 12.4. The van der Waals surface area contributed by atoms with E-state index in [0.29, 0.717) is 19.8 Å². The summed E-state index contributed by atoms with van der Waals surface area (Å²) in [6.07, 6.45) is 1.59. The molecule has 1 N–H and O–H groups in total. The summed E-state index contributed by atoms with van der Waals surface area (Å²) < 4.78 is 17.1. The summed E-state index contributed by atoms with van der Waals surface area (Å²) in [5, 5.41) is 9.31. The van der Waals surface area contributed by atoms with Crippen LogP contribution in [-0.2, 0) is 11.3 Å². The minimum Gasteiger partial charge on any atom is -0.508 e. The highest BCUT2D eigenvalue weighted by Crippen LogP contribution is 2.23. The molecule has 1 unspecified atom stereocenters. The quantitative estimate of drug-likeness (QED) is 0.759. The molecule has 1 aliphatic heterocycles. The first-order chi connectivity index (χ1) is 13.8. The van der Waals surface area contributed by atoms with Crippen LogP contribution >= 0.6 is 0 Å². The number of phenols is 1. The van der Waals surface area contributed by atoms with Gasteiger partial charge in [-0.15, -0.1) is 0 Å². The number of ether oxygens (including phenoxy) is 3. The van der Waals surface area contributed by atoms with Crippen molar-refractivity contribution in [3.05, 3.63) is 54.1 Å². The van der Waals surface area contributed by atoms with Crippen LogP contribution in [0.4, 0.5) is 4.79 Å². The summed E-state index contributed by atoms with van der Waals surface area (Å²) in [6.45, 7) is 7.18. The van der Waals surface area contributed by atoms with Crippen LogP contribution in [0.5, 0.6) is 17.2 Å². The highest BCUT2D eigenvalue weighted by atomic mass is 16.6. The normalized spacial score (nSPS) is 16.5. The number of amides is 1. The van der Waals surface area contributed by atoms with E-state index in [9.17, 15) is 9.90 Å². The monoisotopic (exact) mass is 399 g/mol. The lowest BCUT2D eigenvalue weighted by Gasteiger charge is -2.28. The molecular weight excluding hydrogens is 370 g/mol. The van der Waals surface area contributed by atoms with Crippen LogP contribution in [0.1, 0.15) is 39.2 Å². The molecule has 1 aliphatic rings. The molecule has 2 aromatic rings. The Morgan fingerprint density at radius 1 is 1.03 bits per heavy atom. The van der Waals surface area contributed by atoms with E-state index in [2.05, 4.69) is 0 Å². The molecule has 1 amide bonds. The highest BCUT2D eigenvalue weighted by molar-refractivity contribution is 5.69. The molecule has 0 spiro atoms. The van der Waals surface area contributed by atoms with E-state index in [1.165, 1.54) is 0 Å². The second-order valence-electron chi connectivity index (χ2n) is 8.21. The average Bonchev–Trinajstić information content (AvgIpc) is 3.14. The predicted molar refractivity (Wildman–Crippen MR) is 110 cm³/mol. The molecule has 3 rings (SSSR count). The van der Waals surface area contributed by atoms with Crippen LogP contribution in [-0.4, -0.2) is 40.9 Å². The van der Waals surface area contributed by atoms with Crippen molar-refractivity contribution in [2.24, 2.45) is 0 Å². The first-order valence-corrected chi connectivity index (χ1v) is 9.93. The lowest BCUT2D eigenvalue weighted by atomic mass is 10.2. The highest BCUT2D eigenvalue weighted by Gasteiger charge is 2.32. The number of hydrogen-bond donors (Lipinski definition) is 1. The number of aromatic hydroxyl groups is 1. The van der Waals surface area contributed by atoms with E-state index in [0.717, 1.165) is 29.9 Å². The summed E-state index contributed by atoms with van der Waals surface area (Å²) in [4.78, 5) is 14.1. The molecule has 0 aromatic heterocycles. The van der Waals surface area contributed by atoms with Crippen molar-refractivity contribution in [2.45, 2.75) is 51.9 Å². The third-order valence-electron chi connectivity index (χ3n) is 4.61. The van der Waals surface area contributed by atoms with Crippen LogP contribution in [0.3, 0.4) is 0 Å².